The molecule has 0 aliphatic heterocycles. The SMILES string of the molecule is C=O.CC1(C)C2CCC1(C)C(NCCNC1CC3CCC1(C)C3(C)C)C2.CC1(C)C2CCC1(C)C([N+](C)([O-])CC[N+](C)(O)C1CC3CCC1(C)C3(C)C)C2.CN(CCN(C)C1CC2CCC1(C)C2(C)C)C1CC2CCC1(C)C2(C)C.OO. The molecule has 20 atom stereocenters. The van der Waals surface area contributed by atoms with Gasteiger partial charge in [-0.25, -0.2) is 5.21 Å². The van der Waals surface area contributed by atoms with Crippen LogP contribution in [-0.2, 0) is 4.79 Å². The predicted octanol–water partition coefficient (Wildman–Crippen LogP) is 14.9. The Morgan fingerprint density at radius 2 is 0.695 bits per heavy atom. The number of hydrogen-bond donors (Lipinski definition) is 5. The molecule has 0 spiro atoms. The minimum Gasteiger partial charge on any atom is -0.633 e. The zero-order chi connectivity index (χ0) is 61.5. The molecule has 0 aromatic carbocycles. The number of hydroxylamine groups is 6. The molecule has 0 amide bonds. The third-order valence-corrected chi connectivity index (χ3v) is 33.7. The van der Waals surface area contributed by atoms with E-state index in [4.69, 9.17) is 15.3 Å². The van der Waals surface area contributed by atoms with Gasteiger partial charge in [0.05, 0.1) is 20.1 Å². The molecule has 12 aliphatic rings. The maximum Gasteiger partial charge on any atom is 0.158 e. The van der Waals surface area contributed by atoms with Gasteiger partial charge in [0, 0.05) is 74.0 Å². The lowest BCUT2D eigenvalue weighted by Crippen LogP contribution is -2.63. The Bertz CT molecular complexity index is 2090. The second kappa shape index (κ2) is 22.0. The summed E-state index contributed by atoms with van der Waals surface area (Å²) in [6.45, 7) is 52.7. The first kappa shape index (κ1) is 67.2. The second-order valence-corrected chi connectivity index (χ2v) is 36.5. The molecule has 0 saturated heterocycles. The third-order valence-electron chi connectivity index (χ3n) is 33.7. The molecule has 82 heavy (non-hydrogen) atoms. The molecule has 5 N–H and O–H groups in total. The van der Waals surface area contributed by atoms with Crippen LogP contribution in [0, 0.1) is 106 Å². The number of carbonyl (C=O) groups is 1. The lowest BCUT2D eigenvalue weighted by atomic mass is 9.68. The van der Waals surface area contributed by atoms with Gasteiger partial charge in [-0.05, 0) is 206 Å². The van der Waals surface area contributed by atoms with E-state index in [1.54, 1.807) is 0 Å². The molecule has 20 unspecified atom stereocenters. The van der Waals surface area contributed by atoms with Gasteiger partial charge in [0.1, 0.15) is 19.4 Å². The summed E-state index contributed by atoms with van der Waals surface area (Å²) in [5, 5.41) is 45.3. The van der Waals surface area contributed by atoms with Crippen LogP contribution in [0.15, 0.2) is 0 Å². The Hall–Kier alpha value is -0.730. The van der Waals surface area contributed by atoms with Crippen molar-refractivity contribution in [2.24, 2.45) is 100 Å². The van der Waals surface area contributed by atoms with E-state index in [0.29, 0.717) is 68.2 Å². The molecule has 12 rings (SSSR count). The van der Waals surface area contributed by atoms with Crippen molar-refractivity contribution in [2.75, 3.05) is 67.5 Å². The van der Waals surface area contributed by atoms with Gasteiger partial charge >= 0.3 is 0 Å². The largest absolute Gasteiger partial charge is 0.633 e. The highest BCUT2D eigenvalue weighted by Gasteiger charge is 2.70. The molecular formula is C71H133N6O5+. The summed E-state index contributed by atoms with van der Waals surface area (Å²) in [7, 11) is 8.68. The van der Waals surface area contributed by atoms with Crippen LogP contribution in [0.3, 0.4) is 0 Å². The quantitative estimate of drug-likeness (QED) is 0.0471. The van der Waals surface area contributed by atoms with Crippen molar-refractivity contribution in [3.8, 4) is 0 Å². The highest BCUT2D eigenvalue weighted by molar-refractivity contribution is 5.18. The molecule has 0 radical (unpaired) electrons. The maximum atomic E-state index is 13.8. The van der Waals surface area contributed by atoms with Gasteiger partial charge in [0.25, 0.3) is 0 Å². The van der Waals surface area contributed by atoms with E-state index < -0.39 is 0 Å². The predicted molar refractivity (Wildman–Crippen MR) is 339 cm³/mol. The van der Waals surface area contributed by atoms with Crippen LogP contribution in [0.2, 0.25) is 0 Å². The second-order valence-electron chi connectivity index (χ2n) is 36.5. The van der Waals surface area contributed by atoms with Gasteiger partial charge in [-0.1, -0.05) is 125 Å². The zero-order valence-electron chi connectivity index (χ0n) is 57.6. The van der Waals surface area contributed by atoms with E-state index in [2.05, 4.69) is 159 Å². The van der Waals surface area contributed by atoms with Gasteiger partial charge in [-0.2, -0.15) is 4.65 Å². The lowest BCUT2D eigenvalue weighted by Gasteiger charge is -2.53. The van der Waals surface area contributed by atoms with Crippen molar-refractivity contribution in [1.29, 1.82) is 0 Å². The fourth-order valence-corrected chi connectivity index (χ4v) is 24.5. The number of hydrogen-bond acceptors (Lipinski definition) is 9. The van der Waals surface area contributed by atoms with E-state index in [1.807, 2.05) is 20.9 Å². The Morgan fingerprint density at radius 1 is 0.427 bits per heavy atom. The molecule has 12 aliphatic carbocycles. The van der Waals surface area contributed by atoms with Crippen LogP contribution < -0.4 is 10.6 Å². The first-order valence-corrected chi connectivity index (χ1v) is 34.2. The van der Waals surface area contributed by atoms with Crippen LogP contribution in [0.25, 0.3) is 0 Å². The van der Waals surface area contributed by atoms with Gasteiger partial charge in [0.15, 0.2) is 6.54 Å². The van der Waals surface area contributed by atoms with Gasteiger partial charge in [-0.3, -0.25) is 10.5 Å². The highest BCUT2D eigenvalue weighted by Crippen LogP contribution is 2.71. The number of fused-ring (bicyclic) bond motifs is 12. The zero-order valence-corrected chi connectivity index (χ0v) is 57.6. The average molecular weight is 1150 g/mol. The number of likely N-dealkylation sites (N-methyl/N-ethyl adjacent to an activating group) is 4. The molecule has 0 heterocycles. The monoisotopic (exact) mass is 1150 g/mol. The molecular weight excluding hydrogens is 1020 g/mol. The maximum absolute atomic E-state index is 13.8. The molecule has 11 nitrogen and oxygen atoms in total. The number of nitrogens with one attached hydrogen (secondary N) is 2. The molecule has 12 bridgehead atoms. The smallest absolute Gasteiger partial charge is 0.158 e. The molecule has 12 saturated carbocycles. The lowest BCUT2D eigenvalue weighted by molar-refractivity contribution is -1.12. The van der Waals surface area contributed by atoms with E-state index >= 15 is 0 Å². The van der Waals surface area contributed by atoms with Crippen molar-refractivity contribution in [1.82, 2.24) is 20.4 Å². The van der Waals surface area contributed by atoms with Crippen LogP contribution in [-0.4, -0.2) is 145 Å². The highest BCUT2D eigenvalue weighted by atomic mass is 17.0. The summed E-state index contributed by atoms with van der Waals surface area (Å²) in [5.74, 6) is 5.18. The minimum absolute atomic E-state index is 0.0305. The average Bonchev–Trinajstić information content (AvgIpc) is 4.24. The van der Waals surface area contributed by atoms with Crippen molar-refractivity contribution in [3.05, 3.63) is 5.21 Å². The summed E-state index contributed by atoms with van der Waals surface area (Å²) in [6, 6.07) is 3.48. The molecule has 476 valence electrons. The number of nitrogens with zero attached hydrogens (tertiary/aromatic N) is 4. The van der Waals surface area contributed by atoms with Crippen LogP contribution in [0.1, 0.15) is 240 Å². The van der Waals surface area contributed by atoms with Crippen LogP contribution in [0.4, 0.5) is 0 Å². The molecule has 0 aromatic rings. The summed E-state index contributed by atoms with van der Waals surface area (Å²) in [4.78, 5) is 13.5. The van der Waals surface area contributed by atoms with Crippen molar-refractivity contribution >= 4 is 6.79 Å². The minimum atomic E-state index is -0.179. The summed E-state index contributed by atoms with van der Waals surface area (Å²) in [5.41, 5.74) is 5.03. The van der Waals surface area contributed by atoms with E-state index in [1.165, 1.54) is 116 Å². The fourth-order valence-electron chi connectivity index (χ4n) is 24.5. The van der Waals surface area contributed by atoms with Gasteiger partial charge < -0.3 is 35.1 Å². The van der Waals surface area contributed by atoms with E-state index in [-0.39, 0.29) is 43.0 Å². The Balaban J connectivity index is 0.000000156. The Morgan fingerprint density at radius 3 is 0.939 bits per heavy atom. The standard InChI is InChI=1S/C24H45N2O2.C24H44N2.C22H40N2.CH2O.H2O2/c1-21(2)17-9-11-23(21,5)19(15-17)25(7,27)13-14-26(8,28)20-16-18-10-12-24(20,6)22(18,3)4;1-21(2)17-9-11-23(21,5)19(15-17)25(7)13-14-26(8)20-16-18-10-12-24(20,6)22(18,3)4;1-19(2)15-7-9-21(19,5)17(13-15)23-11-12-24-18-14-16-8-10-22(18,6)20(16,3)4;2*1-2/h17-20,27H,9-16H2,1-8H3;17-20H,9-16H2,1-8H3;15-18,23-24H,7-14H2,1-6H3;1H2;1-2H/q+1;;;;. The Labute approximate surface area is 504 Å². The van der Waals surface area contributed by atoms with Crippen molar-refractivity contribution in [2.45, 2.75) is 276 Å². The summed E-state index contributed by atoms with van der Waals surface area (Å²) >= 11 is 0. The topological polar surface area (TPSA) is 131 Å². The first-order valence-electron chi connectivity index (χ1n) is 34.2. The van der Waals surface area contributed by atoms with Gasteiger partial charge in [0.2, 0.25) is 0 Å². The third kappa shape index (κ3) is 9.66. The fraction of sp³-hybridized carbons (Fsp3) is 0.986. The van der Waals surface area contributed by atoms with Crippen LogP contribution >= 0.6 is 0 Å². The van der Waals surface area contributed by atoms with E-state index in [0.717, 1.165) is 73.8 Å². The number of rotatable bonds is 15. The van der Waals surface area contributed by atoms with Gasteiger partial charge in [-0.15, -0.1) is 0 Å². The first-order chi connectivity index (χ1) is 37.7. The van der Waals surface area contributed by atoms with Crippen molar-refractivity contribution in [3.63, 3.8) is 0 Å². The Kier molecular flexibility index (Phi) is 18.1. The molecule has 11 heteroatoms. The number of quaternary nitrogens is 2. The van der Waals surface area contributed by atoms with Crippen molar-refractivity contribution < 1.29 is 29.8 Å². The number of carbonyl (C=O) groups excluding carboxylic acids is 1. The molecule has 0 aromatic heterocycles. The van der Waals surface area contributed by atoms with Crippen LogP contribution in [0.5, 0.6) is 0 Å². The summed E-state index contributed by atoms with van der Waals surface area (Å²) < 4.78 is -0.149. The normalized spacial score (nSPS) is 47.3. The van der Waals surface area contributed by atoms with E-state index in [9.17, 15) is 10.4 Å². The summed E-state index contributed by atoms with van der Waals surface area (Å²) in [6.07, 6.45) is 24.4. The molecule has 12 fully saturated rings.